The number of halogens is 3. The first kappa shape index (κ1) is 13.2. The molecule has 3 nitrogen and oxygen atoms in total. The van der Waals surface area contributed by atoms with Gasteiger partial charge in [-0.25, -0.2) is 0 Å². The highest BCUT2D eigenvalue weighted by Crippen LogP contribution is 2.33. The molecule has 0 radical (unpaired) electrons. The molecule has 0 spiro atoms. The largest absolute Gasteiger partial charge is 0.426 e. The summed E-state index contributed by atoms with van der Waals surface area (Å²) in [4.78, 5) is 21.9. The molecule has 0 aliphatic rings. The monoisotopic (exact) mass is 246 g/mol. The highest BCUT2D eigenvalue weighted by atomic mass is 19.4. The number of hydrogen-bond acceptors (Lipinski definition) is 3. The molecule has 0 heterocycles. The zero-order chi connectivity index (χ0) is 13.2. The summed E-state index contributed by atoms with van der Waals surface area (Å²) in [5.41, 5.74) is -1.04. The Morgan fingerprint density at radius 3 is 2.18 bits per heavy atom. The van der Waals surface area contributed by atoms with Gasteiger partial charge in [-0.3, -0.25) is 9.59 Å². The highest BCUT2D eigenvalue weighted by molar-refractivity contribution is 5.97. The van der Waals surface area contributed by atoms with E-state index in [4.69, 9.17) is 0 Å². The Balaban J connectivity index is 3.29. The van der Waals surface area contributed by atoms with Gasteiger partial charge in [-0.15, -0.1) is 0 Å². The van der Waals surface area contributed by atoms with Gasteiger partial charge in [0.25, 0.3) is 0 Å². The zero-order valence-corrected chi connectivity index (χ0v) is 9.09. The molecule has 0 aliphatic heterocycles. The molecular weight excluding hydrogens is 237 g/mol. The predicted molar refractivity (Wildman–Crippen MR) is 52.8 cm³/mol. The standard InChI is InChI=1S/C11H9F3O3/c1-6(15)9-4-3-8(11(12,13)14)5-10(9)17-7(2)16/h3-5H,1-2H3. The minimum absolute atomic E-state index is 0.0619. The molecule has 0 N–H and O–H groups in total. The van der Waals surface area contributed by atoms with E-state index in [2.05, 4.69) is 4.74 Å². The summed E-state index contributed by atoms with van der Waals surface area (Å²) in [7, 11) is 0. The van der Waals surface area contributed by atoms with Crippen molar-refractivity contribution in [1.82, 2.24) is 0 Å². The van der Waals surface area contributed by atoms with E-state index in [1.807, 2.05) is 0 Å². The molecule has 0 saturated carbocycles. The lowest BCUT2D eigenvalue weighted by atomic mass is 10.1. The maximum absolute atomic E-state index is 12.4. The number of Topliss-reactive ketones (excluding diaryl/α,β-unsaturated/α-hetero) is 1. The van der Waals surface area contributed by atoms with Gasteiger partial charge in [0.15, 0.2) is 5.78 Å². The topological polar surface area (TPSA) is 43.4 Å². The van der Waals surface area contributed by atoms with E-state index in [9.17, 15) is 22.8 Å². The van der Waals surface area contributed by atoms with E-state index in [0.29, 0.717) is 6.07 Å². The molecule has 0 fully saturated rings. The lowest BCUT2D eigenvalue weighted by molar-refractivity contribution is -0.138. The SMILES string of the molecule is CC(=O)Oc1cc(C(F)(F)F)ccc1C(C)=O. The van der Waals surface area contributed by atoms with Gasteiger partial charge >= 0.3 is 12.1 Å². The van der Waals surface area contributed by atoms with Crippen molar-refractivity contribution in [2.75, 3.05) is 0 Å². The van der Waals surface area contributed by atoms with E-state index in [-0.39, 0.29) is 11.3 Å². The van der Waals surface area contributed by atoms with Crippen LogP contribution in [0.5, 0.6) is 5.75 Å². The number of ether oxygens (including phenoxy) is 1. The van der Waals surface area contributed by atoms with E-state index >= 15 is 0 Å². The Kier molecular flexibility index (Phi) is 3.55. The number of benzene rings is 1. The molecule has 1 aromatic rings. The average molecular weight is 246 g/mol. The average Bonchev–Trinajstić information content (AvgIpc) is 2.14. The maximum Gasteiger partial charge on any atom is 0.416 e. The number of alkyl halides is 3. The van der Waals surface area contributed by atoms with Crippen LogP contribution in [-0.4, -0.2) is 11.8 Å². The number of hydrogen-bond donors (Lipinski definition) is 0. The lowest BCUT2D eigenvalue weighted by Crippen LogP contribution is -2.10. The quantitative estimate of drug-likeness (QED) is 0.458. The molecule has 1 aromatic carbocycles. The Morgan fingerprint density at radius 2 is 1.76 bits per heavy atom. The zero-order valence-electron chi connectivity index (χ0n) is 9.09. The number of rotatable bonds is 2. The fourth-order valence-electron chi connectivity index (χ4n) is 1.23. The Labute approximate surface area is 95.2 Å². The third-order valence-electron chi connectivity index (χ3n) is 1.94. The summed E-state index contributed by atoms with van der Waals surface area (Å²) in [5.74, 6) is -1.64. The summed E-state index contributed by atoms with van der Waals surface area (Å²) in [6, 6.07) is 2.39. The van der Waals surface area contributed by atoms with Crippen LogP contribution in [-0.2, 0) is 11.0 Å². The summed E-state index contributed by atoms with van der Waals surface area (Å²) in [6.07, 6.45) is -4.55. The molecule has 0 aliphatic carbocycles. The maximum atomic E-state index is 12.4. The van der Waals surface area contributed by atoms with Gasteiger partial charge in [-0.05, 0) is 25.1 Å². The van der Waals surface area contributed by atoms with Crippen molar-refractivity contribution in [1.29, 1.82) is 0 Å². The van der Waals surface area contributed by atoms with Gasteiger partial charge in [0, 0.05) is 6.92 Å². The molecule has 92 valence electrons. The smallest absolute Gasteiger partial charge is 0.416 e. The second-order valence-corrected chi connectivity index (χ2v) is 3.36. The molecule has 6 heteroatoms. The fraction of sp³-hybridized carbons (Fsp3) is 0.273. The first-order valence-electron chi connectivity index (χ1n) is 4.62. The van der Waals surface area contributed by atoms with Crippen LogP contribution in [0.25, 0.3) is 0 Å². The third-order valence-corrected chi connectivity index (χ3v) is 1.94. The molecule has 0 atom stereocenters. The highest BCUT2D eigenvalue weighted by Gasteiger charge is 2.31. The first-order valence-corrected chi connectivity index (χ1v) is 4.62. The van der Waals surface area contributed by atoms with Crippen molar-refractivity contribution in [3.8, 4) is 5.75 Å². The Morgan fingerprint density at radius 1 is 1.18 bits per heavy atom. The minimum atomic E-state index is -4.55. The van der Waals surface area contributed by atoms with Crippen molar-refractivity contribution >= 4 is 11.8 Å². The lowest BCUT2D eigenvalue weighted by Gasteiger charge is -2.11. The van der Waals surface area contributed by atoms with Crippen molar-refractivity contribution in [3.05, 3.63) is 29.3 Å². The van der Waals surface area contributed by atoms with E-state index < -0.39 is 23.5 Å². The van der Waals surface area contributed by atoms with Crippen molar-refractivity contribution < 1.29 is 27.5 Å². The van der Waals surface area contributed by atoms with Gasteiger partial charge in [0.1, 0.15) is 5.75 Å². The number of carbonyl (C=O) groups is 2. The van der Waals surface area contributed by atoms with Crippen molar-refractivity contribution in [2.45, 2.75) is 20.0 Å². The van der Waals surface area contributed by atoms with E-state index in [1.165, 1.54) is 6.92 Å². The summed E-state index contributed by atoms with van der Waals surface area (Å²) < 4.78 is 41.8. The summed E-state index contributed by atoms with van der Waals surface area (Å²) >= 11 is 0. The third kappa shape index (κ3) is 3.30. The molecular formula is C11H9F3O3. The molecule has 1 rings (SSSR count). The summed E-state index contributed by atoms with van der Waals surface area (Å²) in [5, 5.41) is 0. The van der Waals surface area contributed by atoms with Crippen LogP contribution >= 0.6 is 0 Å². The Hall–Kier alpha value is -1.85. The van der Waals surface area contributed by atoms with Crippen LogP contribution in [0.3, 0.4) is 0 Å². The summed E-state index contributed by atoms with van der Waals surface area (Å²) in [6.45, 7) is 2.22. The Bertz CT molecular complexity index is 464. The van der Waals surface area contributed by atoms with Crippen LogP contribution < -0.4 is 4.74 Å². The van der Waals surface area contributed by atoms with Gasteiger partial charge in [0.2, 0.25) is 0 Å². The molecule has 0 amide bonds. The number of esters is 1. The van der Waals surface area contributed by atoms with Gasteiger partial charge < -0.3 is 4.74 Å². The van der Waals surface area contributed by atoms with Crippen molar-refractivity contribution in [2.24, 2.45) is 0 Å². The second kappa shape index (κ2) is 4.57. The van der Waals surface area contributed by atoms with Crippen LogP contribution in [0.4, 0.5) is 13.2 Å². The molecule has 17 heavy (non-hydrogen) atoms. The molecule has 0 unspecified atom stereocenters. The van der Waals surface area contributed by atoms with Crippen LogP contribution in [0, 0.1) is 0 Å². The second-order valence-electron chi connectivity index (χ2n) is 3.36. The van der Waals surface area contributed by atoms with Crippen LogP contribution in [0.2, 0.25) is 0 Å². The van der Waals surface area contributed by atoms with Gasteiger partial charge in [0.05, 0.1) is 11.1 Å². The van der Waals surface area contributed by atoms with Crippen LogP contribution in [0.1, 0.15) is 29.8 Å². The van der Waals surface area contributed by atoms with E-state index in [1.54, 1.807) is 0 Å². The number of ketones is 1. The molecule has 0 bridgehead atoms. The van der Waals surface area contributed by atoms with Gasteiger partial charge in [-0.1, -0.05) is 0 Å². The molecule has 0 aromatic heterocycles. The normalized spacial score (nSPS) is 11.1. The fourth-order valence-corrected chi connectivity index (χ4v) is 1.23. The predicted octanol–water partition coefficient (Wildman–Crippen LogP) is 2.83. The van der Waals surface area contributed by atoms with E-state index in [0.717, 1.165) is 19.1 Å². The van der Waals surface area contributed by atoms with Crippen LogP contribution in [0.15, 0.2) is 18.2 Å². The number of carbonyl (C=O) groups excluding carboxylic acids is 2. The van der Waals surface area contributed by atoms with Crippen molar-refractivity contribution in [3.63, 3.8) is 0 Å². The minimum Gasteiger partial charge on any atom is -0.426 e. The first-order chi connectivity index (χ1) is 7.71. The van der Waals surface area contributed by atoms with Gasteiger partial charge in [-0.2, -0.15) is 13.2 Å². The molecule has 0 saturated heterocycles.